The summed E-state index contributed by atoms with van der Waals surface area (Å²) in [5.74, 6) is 2.21. The third-order valence-corrected chi connectivity index (χ3v) is 3.47. The van der Waals surface area contributed by atoms with Gasteiger partial charge >= 0.3 is 0 Å². The van der Waals surface area contributed by atoms with E-state index in [-0.39, 0.29) is 0 Å². The lowest BCUT2D eigenvalue weighted by Gasteiger charge is -2.23. The van der Waals surface area contributed by atoms with Gasteiger partial charge in [0.1, 0.15) is 5.58 Å². The van der Waals surface area contributed by atoms with Crippen molar-refractivity contribution in [1.82, 2.24) is 15.5 Å². The maximum atomic E-state index is 5.74. The van der Waals surface area contributed by atoms with Gasteiger partial charge in [0.15, 0.2) is 11.6 Å². The topological polar surface area (TPSA) is 64.1 Å². The van der Waals surface area contributed by atoms with Crippen LogP contribution in [0.5, 0.6) is 0 Å². The summed E-state index contributed by atoms with van der Waals surface area (Å²) in [6, 6.07) is 8.00. The summed E-state index contributed by atoms with van der Waals surface area (Å²) in [6.07, 6.45) is 0. The molecule has 1 aliphatic heterocycles. The van der Waals surface area contributed by atoms with Crippen molar-refractivity contribution in [2.24, 2.45) is 0 Å². The first-order chi connectivity index (χ1) is 9.29. The molecule has 0 unspecified atom stereocenters. The molecule has 1 aromatic carbocycles. The van der Waals surface area contributed by atoms with Gasteiger partial charge in [-0.05, 0) is 25.1 Å². The molecule has 0 spiro atoms. The zero-order valence-corrected chi connectivity index (χ0v) is 10.5. The lowest BCUT2D eigenvalue weighted by Crippen LogP contribution is -2.40. The maximum absolute atomic E-state index is 5.74. The van der Waals surface area contributed by atoms with Crippen LogP contribution in [0.1, 0.15) is 17.3 Å². The molecule has 4 rings (SSSR count). The highest BCUT2D eigenvalue weighted by molar-refractivity contribution is 5.82. The van der Waals surface area contributed by atoms with Crippen LogP contribution in [0.2, 0.25) is 0 Å². The standard InChI is InChI=1S/C14H13N3O2/c1-8-2-3-11-9(4-8)5-12(18-11)14-16-13(17-19-14)10-6-15-7-10/h2-5,10,15H,6-7H2,1H3. The van der Waals surface area contributed by atoms with Crippen molar-refractivity contribution in [3.63, 3.8) is 0 Å². The van der Waals surface area contributed by atoms with E-state index >= 15 is 0 Å². The number of nitrogens with zero attached hydrogens (tertiary/aromatic N) is 2. The zero-order valence-electron chi connectivity index (χ0n) is 10.5. The monoisotopic (exact) mass is 255 g/mol. The highest BCUT2D eigenvalue weighted by Gasteiger charge is 2.25. The summed E-state index contributed by atoms with van der Waals surface area (Å²) < 4.78 is 11.0. The number of nitrogens with one attached hydrogen (secondary N) is 1. The minimum Gasteiger partial charge on any atom is -0.451 e. The molecule has 1 saturated heterocycles. The van der Waals surface area contributed by atoms with Crippen molar-refractivity contribution >= 4 is 11.0 Å². The molecule has 5 nitrogen and oxygen atoms in total. The van der Waals surface area contributed by atoms with Crippen molar-refractivity contribution in [1.29, 1.82) is 0 Å². The molecule has 0 amide bonds. The van der Waals surface area contributed by atoms with Crippen LogP contribution in [0.25, 0.3) is 22.6 Å². The van der Waals surface area contributed by atoms with Crippen molar-refractivity contribution < 1.29 is 8.94 Å². The molecule has 1 aliphatic rings. The van der Waals surface area contributed by atoms with Crippen LogP contribution in [0.15, 0.2) is 33.2 Å². The SMILES string of the molecule is Cc1ccc2oc(-c3nc(C4CNC4)no3)cc2c1. The number of benzene rings is 1. The second kappa shape index (κ2) is 3.93. The number of hydrogen-bond donors (Lipinski definition) is 1. The first-order valence-corrected chi connectivity index (χ1v) is 6.34. The molecule has 19 heavy (non-hydrogen) atoms. The van der Waals surface area contributed by atoms with Gasteiger partial charge in [0.05, 0.1) is 0 Å². The number of furan rings is 1. The molecular weight excluding hydrogens is 242 g/mol. The molecule has 1 fully saturated rings. The summed E-state index contributed by atoms with van der Waals surface area (Å²) in [5, 5.41) is 8.26. The van der Waals surface area contributed by atoms with E-state index in [4.69, 9.17) is 8.94 Å². The van der Waals surface area contributed by atoms with Crippen molar-refractivity contribution in [3.05, 3.63) is 35.7 Å². The molecule has 5 heteroatoms. The van der Waals surface area contributed by atoms with Crippen LogP contribution in [0.3, 0.4) is 0 Å². The van der Waals surface area contributed by atoms with E-state index < -0.39 is 0 Å². The highest BCUT2D eigenvalue weighted by atomic mass is 16.5. The Morgan fingerprint density at radius 3 is 2.95 bits per heavy atom. The second-order valence-electron chi connectivity index (χ2n) is 4.96. The highest BCUT2D eigenvalue weighted by Crippen LogP contribution is 2.28. The van der Waals surface area contributed by atoms with Gasteiger partial charge in [-0.2, -0.15) is 4.98 Å². The Morgan fingerprint density at radius 1 is 1.26 bits per heavy atom. The van der Waals surface area contributed by atoms with Gasteiger partial charge < -0.3 is 14.3 Å². The third-order valence-electron chi connectivity index (χ3n) is 3.47. The van der Waals surface area contributed by atoms with E-state index in [2.05, 4.69) is 28.4 Å². The van der Waals surface area contributed by atoms with Gasteiger partial charge in [-0.15, -0.1) is 0 Å². The number of fused-ring (bicyclic) bond motifs is 1. The van der Waals surface area contributed by atoms with E-state index in [1.807, 2.05) is 18.2 Å². The molecule has 0 bridgehead atoms. The van der Waals surface area contributed by atoms with Crippen LogP contribution in [0.4, 0.5) is 0 Å². The number of aromatic nitrogens is 2. The lowest BCUT2D eigenvalue weighted by molar-refractivity contribution is 0.378. The van der Waals surface area contributed by atoms with Gasteiger partial charge in [0.25, 0.3) is 5.89 Å². The number of rotatable bonds is 2. The third kappa shape index (κ3) is 1.74. The molecule has 2 aromatic heterocycles. The van der Waals surface area contributed by atoms with Gasteiger partial charge in [-0.1, -0.05) is 16.8 Å². The Bertz CT molecular complexity index is 740. The molecule has 1 N–H and O–H groups in total. The van der Waals surface area contributed by atoms with Crippen LogP contribution in [-0.4, -0.2) is 23.2 Å². The predicted octanol–water partition coefficient (Wildman–Crippen LogP) is 2.48. The summed E-state index contributed by atoms with van der Waals surface area (Å²) in [4.78, 5) is 4.41. The summed E-state index contributed by atoms with van der Waals surface area (Å²) in [6.45, 7) is 3.89. The molecule has 0 saturated carbocycles. The maximum Gasteiger partial charge on any atom is 0.293 e. The Morgan fingerprint density at radius 2 is 2.16 bits per heavy atom. The molecule has 0 radical (unpaired) electrons. The summed E-state index contributed by atoms with van der Waals surface area (Å²) in [7, 11) is 0. The van der Waals surface area contributed by atoms with E-state index in [0.29, 0.717) is 17.6 Å². The Kier molecular flexibility index (Phi) is 2.22. The van der Waals surface area contributed by atoms with Crippen molar-refractivity contribution in [2.45, 2.75) is 12.8 Å². The van der Waals surface area contributed by atoms with Crippen molar-refractivity contribution in [2.75, 3.05) is 13.1 Å². The largest absolute Gasteiger partial charge is 0.451 e. The first kappa shape index (κ1) is 10.8. The van der Waals surface area contributed by atoms with Crippen LogP contribution >= 0.6 is 0 Å². The summed E-state index contributed by atoms with van der Waals surface area (Å²) in [5.41, 5.74) is 2.04. The fraction of sp³-hybridized carbons (Fsp3) is 0.286. The zero-order chi connectivity index (χ0) is 12.8. The molecule has 0 aliphatic carbocycles. The molecule has 96 valence electrons. The van der Waals surface area contributed by atoms with E-state index in [9.17, 15) is 0 Å². The van der Waals surface area contributed by atoms with Crippen LogP contribution in [0, 0.1) is 6.92 Å². The number of hydrogen-bond acceptors (Lipinski definition) is 5. The predicted molar refractivity (Wildman–Crippen MR) is 69.9 cm³/mol. The first-order valence-electron chi connectivity index (χ1n) is 6.34. The Labute approximate surface area is 109 Å². The van der Waals surface area contributed by atoms with E-state index in [1.165, 1.54) is 5.56 Å². The van der Waals surface area contributed by atoms with Gasteiger partial charge in [0, 0.05) is 24.4 Å². The molecule has 3 aromatic rings. The van der Waals surface area contributed by atoms with E-state index in [1.54, 1.807) is 0 Å². The average Bonchev–Trinajstić information content (AvgIpc) is 2.92. The molecular formula is C14H13N3O2. The normalized spacial score (nSPS) is 15.8. The van der Waals surface area contributed by atoms with E-state index in [0.717, 1.165) is 29.9 Å². The lowest BCUT2D eigenvalue weighted by atomic mass is 10.0. The van der Waals surface area contributed by atoms with Crippen LogP contribution < -0.4 is 5.32 Å². The molecule has 3 heterocycles. The molecule has 0 atom stereocenters. The average molecular weight is 255 g/mol. The van der Waals surface area contributed by atoms with Gasteiger partial charge in [0.2, 0.25) is 0 Å². The fourth-order valence-corrected chi connectivity index (χ4v) is 2.24. The smallest absolute Gasteiger partial charge is 0.293 e. The Hall–Kier alpha value is -2.14. The minimum absolute atomic E-state index is 0.365. The van der Waals surface area contributed by atoms with Crippen molar-refractivity contribution in [3.8, 4) is 11.7 Å². The second-order valence-corrected chi connectivity index (χ2v) is 4.96. The minimum atomic E-state index is 0.365. The number of aryl methyl sites for hydroxylation is 1. The van der Waals surface area contributed by atoms with Gasteiger partial charge in [-0.3, -0.25) is 0 Å². The van der Waals surface area contributed by atoms with Crippen LogP contribution in [-0.2, 0) is 0 Å². The van der Waals surface area contributed by atoms with Gasteiger partial charge in [-0.25, -0.2) is 0 Å². The Balaban J connectivity index is 1.74. The quantitative estimate of drug-likeness (QED) is 0.762. The summed E-state index contributed by atoms with van der Waals surface area (Å²) >= 11 is 0. The fourth-order valence-electron chi connectivity index (χ4n) is 2.24.